The molecule has 1 aromatic carbocycles. The van der Waals surface area contributed by atoms with Crippen LogP contribution in [0.15, 0.2) is 24.3 Å². The molecule has 0 fully saturated rings. The molecular weight excluding hydrogens is 144 g/mol. The van der Waals surface area contributed by atoms with Gasteiger partial charge in [-0.15, -0.1) is 0 Å². The van der Waals surface area contributed by atoms with Crippen LogP contribution in [0.4, 0.5) is 0 Å². The molecule has 0 nitrogen and oxygen atoms in total. The lowest BCUT2D eigenvalue weighted by Crippen LogP contribution is -2.08. The summed E-state index contributed by atoms with van der Waals surface area (Å²) in [6.45, 7) is 10.6. The molecule has 0 aliphatic heterocycles. The number of hydrogen-bond donors (Lipinski definition) is 0. The van der Waals surface area contributed by atoms with Gasteiger partial charge in [0.1, 0.15) is 0 Å². The highest BCUT2D eigenvalue weighted by Crippen LogP contribution is 2.20. The predicted octanol–water partition coefficient (Wildman–Crippen LogP) is 3.46. The zero-order valence-electron chi connectivity index (χ0n) is 8.22. The molecule has 0 heterocycles. The van der Waals surface area contributed by atoms with E-state index in [-0.39, 0.29) is 0 Å². The van der Waals surface area contributed by atoms with E-state index in [1.807, 2.05) is 0 Å². The summed E-state index contributed by atoms with van der Waals surface area (Å²) in [4.78, 5) is 0. The zero-order valence-corrected chi connectivity index (χ0v) is 8.22. The van der Waals surface area contributed by atoms with Gasteiger partial charge in [-0.2, -0.15) is 0 Å². The Balaban J connectivity index is 2.71. The number of rotatable bonds is 1. The topological polar surface area (TPSA) is 0 Å². The summed E-state index contributed by atoms with van der Waals surface area (Å²) < 4.78 is 0. The lowest BCUT2D eigenvalue weighted by molar-refractivity contribution is 0.411. The van der Waals surface area contributed by atoms with Crippen LogP contribution < -0.4 is 0 Å². The Bertz CT molecular complexity index is 236. The highest BCUT2D eigenvalue weighted by atomic mass is 14.1. The van der Waals surface area contributed by atoms with Gasteiger partial charge in [-0.05, 0) is 29.9 Å². The first-order valence-electron chi connectivity index (χ1n) is 4.38. The average molecular weight is 161 g/mol. The molecule has 1 aromatic rings. The predicted molar refractivity (Wildman–Crippen MR) is 54.1 cm³/mol. The first-order chi connectivity index (χ1) is 5.47. The van der Waals surface area contributed by atoms with Crippen molar-refractivity contribution in [2.45, 2.75) is 27.2 Å². The van der Waals surface area contributed by atoms with E-state index in [0.29, 0.717) is 5.41 Å². The van der Waals surface area contributed by atoms with Gasteiger partial charge in [-0.3, -0.25) is 0 Å². The van der Waals surface area contributed by atoms with Gasteiger partial charge in [-0.25, -0.2) is 0 Å². The normalized spacial score (nSPS) is 11.7. The molecule has 0 saturated heterocycles. The van der Waals surface area contributed by atoms with Crippen molar-refractivity contribution >= 4 is 0 Å². The smallest absolute Gasteiger partial charge is 0.0230 e. The number of hydrogen-bond acceptors (Lipinski definition) is 0. The molecular formula is C12H17. The van der Waals surface area contributed by atoms with Gasteiger partial charge in [0.2, 0.25) is 0 Å². The Kier molecular flexibility index (Phi) is 2.56. The van der Waals surface area contributed by atoms with Crippen LogP contribution in [-0.4, -0.2) is 0 Å². The minimum absolute atomic E-state index is 0.378. The molecule has 0 heteroatoms. The third kappa shape index (κ3) is 3.08. The van der Waals surface area contributed by atoms with E-state index in [1.54, 1.807) is 0 Å². The maximum atomic E-state index is 3.86. The van der Waals surface area contributed by atoms with Crippen LogP contribution in [0, 0.1) is 12.3 Å². The van der Waals surface area contributed by atoms with Gasteiger partial charge >= 0.3 is 0 Å². The second-order valence-electron chi connectivity index (χ2n) is 4.55. The fourth-order valence-electron chi connectivity index (χ4n) is 1.27. The summed E-state index contributed by atoms with van der Waals surface area (Å²) in [5.74, 6) is 0. The van der Waals surface area contributed by atoms with Gasteiger partial charge in [0.25, 0.3) is 0 Å². The summed E-state index contributed by atoms with van der Waals surface area (Å²) in [7, 11) is 0. The van der Waals surface area contributed by atoms with Crippen LogP contribution >= 0.6 is 0 Å². The van der Waals surface area contributed by atoms with Crippen LogP contribution in [-0.2, 0) is 6.42 Å². The molecule has 1 radical (unpaired) electrons. The van der Waals surface area contributed by atoms with Crippen molar-refractivity contribution < 1.29 is 0 Å². The van der Waals surface area contributed by atoms with Gasteiger partial charge in [0.05, 0.1) is 0 Å². The Hall–Kier alpha value is -0.780. The second-order valence-corrected chi connectivity index (χ2v) is 4.55. The van der Waals surface area contributed by atoms with Crippen molar-refractivity contribution in [1.82, 2.24) is 0 Å². The van der Waals surface area contributed by atoms with Gasteiger partial charge in [0.15, 0.2) is 0 Å². The van der Waals surface area contributed by atoms with Crippen LogP contribution in [0.2, 0.25) is 0 Å². The third-order valence-electron chi connectivity index (χ3n) is 1.76. The minimum atomic E-state index is 0.378. The fourth-order valence-corrected chi connectivity index (χ4v) is 1.27. The quantitative estimate of drug-likeness (QED) is 0.591. The molecule has 0 atom stereocenters. The molecule has 0 aliphatic carbocycles. The third-order valence-corrected chi connectivity index (χ3v) is 1.76. The van der Waals surface area contributed by atoms with E-state index in [9.17, 15) is 0 Å². The molecule has 1 rings (SSSR count). The van der Waals surface area contributed by atoms with E-state index >= 15 is 0 Å². The molecule has 0 aromatic heterocycles. The largest absolute Gasteiger partial charge is 0.0599 e. The Morgan fingerprint density at radius 1 is 1.08 bits per heavy atom. The molecule has 0 amide bonds. The Morgan fingerprint density at radius 3 is 2.00 bits per heavy atom. The van der Waals surface area contributed by atoms with Crippen LogP contribution in [0.5, 0.6) is 0 Å². The number of benzene rings is 1. The van der Waals surface area contributed by atoms with Gasteiger partial charge < -0.3 is 0 Å². The minimum Gasteiger partial charge on any atom is -0.0599 e. The van der Waals surface area contributed by atoms with Crippen LogP contribution in [0.1, 0.15) is 31.9 Å². The van der Waals surface area contributed by atoms with E-state index < -0.39 is 0 Å². The first kappa shape index (κ1) is 9.31. The Morgan fingerprint density at radius 2 is 1.58 bits per heavy atom. The van der Waals surface area contributed by atoms with Crippen molar-refractivity contribution in [3.05, 3.63) is 42.3 Å². The van der Waals surface area contributed by atoms with E-state index in [0.717, 1.165) is 12.0 Å². The lowest BCUT2D eigenvalue weighted by atomic mass is 9.88. The maximum Gasteiger partial charge on any atom is -0.0230 e. The molecule has 0 aliphatic rings. The SMILES string of the molecule is [CH2]c1ccc(CC(C)(C)C)cc1. The second kappa shape index (κ2) is 3.30. The van der Waals surface area contributed by atoms with Crippen molar-refractivity contribution in [2.24, 2.45) is 5.41 Å². The van der Waals surface area contributed by atoms with Gasteiger partial charge in [-0.1, -0.05) is 45.0 Å². The van der Waals surface area contributed by atoms with E-state index in [1.165, 1.54) is 5.56 Å². The first-order valence-corrected chi connectivity index (χ1v) is 4.38. The molecule has 65 valence electrons. The van der Waals surface area contributed by atoms with E-state index in [2.05, 4.69) is 52.0 Å². The molecule has 0 N–H and O–H groups in total. The van der Waals surface area contributed by atoms with Crippen LogP contribution in [0.3, 0.4) is 0 Å². The zero-order chi connectivity index (χ0) is 9.19. The fraction of sp³-hybridized carbons (Fsp3) is 0.417. The highest BCUT2D eigenvalue weighted by Gasteiger charge is 2.10. The lowest BCUT2D eigenvalue weighted by Gasteiger charge is -2.17. The van der Waals surface area contributed by atoms with Crippen molar-refractivity contribution in [2.75, 3.05) is 0 Å². The molecule has 0 spiro atoms. The van der Waals surface area contributed by atoms with Crippen LogP contribution in [0.25, 0.3) is 0 Å². The molecule has 0 unspecified atom stereocenters. The van der Waals surface area contributed by atoms with Crippen molar-refractivity contribution in [3.8, 4) is 0 Å². The molecule has 0 bridgehead atoms. The monoisotopic (exact) mass is 161 g/mol. The van der Waals surface area contributed by atoms with Crippen molar-refractivity contribution in [3.63, 3.8) is 0 Å². The molecule has 12 heavy (non-hydrogen) atoms. The Labute approximate surface area is 75.6 Å². The summed E-state index contributed by atoms with van der Waals surface area (Å²) >= 11 is 0. The summed E-state index contributed by atoms with van der Waals surface area (Å²) in [6, 6.07) is 8.46. The standard InChI is InChI=1S/C12H17/c1-10-5-7-11(8-6-10)9-12(2,3)4/h5-8H,1,9H2,2-4H3. The summed E-state index contributed by atoms with van der Waals surface area (Å²) in [6.07, 6.45) is 1.13. The highest BCUT2D eigenvalue weighted by molar-refractivity contribution is 5.24. The maximum absolute atomic E-state index is 3.86. The summed E-state index contributed by atoms with van der Waals surface area (Å²) in [5, 5.41) is 0. The van der Waals surface area contributed by atoms with Crippen molar-refractivity contribution in [1.29, 1.82) is 0 Å². The average Bonchev–Trinajstić information content (AvgIpc) is 1.91. The summed E-state index contributed by atoms with van der Waals surface area (Å²) in [5.41, 5.74) is 2.87. The van der Waals surface area contributed by atoms with Gasteiger partial charge in [0, 0.05) is 0 Å². The molecule has 0 saturated carbocycles. The van der Waals surface area contributed by atoms with E-state index in [4.69, 9.17) is 0 Å².